The lowest BCUT2D eigenvalue weighted by atomic mass is 9.83. The van der Waals surface area contributed by atoms with Crippen molar-refractivity contribution < 1.29 is 4.79 Å². The summed E-state index contributed by atoms with van der Waals surface area (Å²) in [6, 6.07) is 8.77. The number of hydrogen-bond donors (Lipinski definition) is 1. The van der Waals surface area contributed by atoms with Gasteiger partial charge in [-0.3, -0.25) is 4.79 Å². The molecule has 1 amide bonds. The lowest BCUT2D eigenvalue weighted by Gasteiger charge is -2.39. The number of nitrogens with zero attached hydrogens (tertiary/aromatic N) is 1. The van der Waals surface area contributed by atoms with Gasteiger partial charge in [-0.1, -0.05) is 44.0 Å². The van der Waals surface area contributed by atoms with Crippen molar-refractivity contribution in [3.63, 3.8) is 0 Å². The SMILES string of the molecule is CC1CCCCC1N(C)C(=O)C1CNCc2ccccc21. The molecule has 0 saturated heterocycles. The lowest BCUT2D eigenvalue weighted by Crippen LogP contribution is -2.47. The molecule has 0 spiro atoms. The van der Waals surface area contributed by atoms with Gasteiger partial charge in [0.25, 0.3) is 0 Å². The molecule has 1 fully saturated rings. The second-order valence-corrected chi connectivity index (χ2v) is 6.66. The molecule has 1 heterocycles. The van der Waals surface area contributed by atoms with Gasteiger partial charge in [0.05, 0.1) is 5.92 Å². The number of fused-ring (bicyclic) bond motifs is 1. The largest absolute Gasteiger partial charge is 0.342 e. The average Bonchev–Trinajstić information content (AvgIpc) is 2.53. The van der Waals surface area contributed by atoms with Crippen LogP contribution in [0.25, 0.3) is 0 Å². The predicted molar refractivity (Wildman–Crippen MR) is 85.1 cm³/mol. The topological polar surface area (TPSA) is 32.3 Å². The lowest BCUT2D eigenvalue weighted by molar-refractivity contribution is -0.135. The molecule has 3 heteroatoms. The van der Waals surface area contributed by atoms with Crippen LogP contribution in [-0.2, 0) is 11.3 Å². The van der Waals surface area contributed by atoms with Crippen LogP contribution in [-0.4, -0.2) is 30.4 Å². The highest BCUT2D eigenvalue weighted by Crippen LogP contribution is 2.31. The van der Waals surface area contributed by atoms with Crippen LogP contribution in [0, 0.1) is 5.92 Å². The molecular weight excluding hydrogens is 260 g/mol. The first-order valence-electron chi connectivity index (χ1n) is 8.23. The van der Waals surface area contributed by atoms with Crippen LogP contribution in [0.1, 0.15) is 49.7 Å². The molecule has 1 aliphatic heterocycles. The van der Waals surface area contributed by atoms with E-state index in [2.05, 4.69) is 30.4 Å². The third kappa shape index (κ3) is 2.84. The molecule has 0 radical (unpaired) electrons. The third-order valence-corrected chi connectivity index (χ3v) is 5.30. The second-order valence-electron chi connectivity index (χ2n) is 6.66. The van der Waals surface area contributed by atoms with Crippen LogP contribution >= 0.6 is 0 Å². The van der Waals surface area contributed by atoms with Crippen LogP contribution in [0.15, 0.2) is 24.3 Å². The zero-order chi connectivity index (χ0) is 14.8. The number of nitrogens with one attached hydrogen (secondary N) is 1. The first-order valence-corrected chi connectivity index (χ1v) is 8.23. The molecule has 21 heavy (non-hydrogen) atoms. The van der Waals surface area contributed by atoms with Crippen molar-refractivity contribution >= 4 is 5.91 Å². The van der Waals surface area contributed by atoms with Gasteiger partial charge in [0.15, 0.2) is 0 Å². The quantitative estimate of drug-likeness (QED) is 0.906. The van der Waals surface area contributed by atoms with E-state index in [0.29, 0.717) is 12.0 Å². The molecule has 1 saturated carbocycles. The smallest absolute Gasteiger partial charge is 0.231 e. The summed E-state index contributed by atoms with van der Waals surface area (Å²) in [6.07, 6.45) is 4.98. The zero-order valence-corrected chi connectivity index (χ0v) is 13.1. The van der Waals surface area contributed by atoms with Crippen molar-refractivity contribution in [1.29, 1.82) is 0 Å². The fourth-order valence-electron chi connectivity index (χ4n) is 4.00. The molecule has 3 nitrogen and oxygen atoms in total. The van der Waals surface area contributed by atoms with Crippen LogP contribution in [0.5, 0.6) is 0 Å². The van der Waals surface area contributed by atoms with Crippen molar-refractivity contribution in [1.82, 2.24) is 10.2 Å². The average molecular weight is 286 g/mol. The van der Waals surface area contributed by atoms with E-state index in [1.807, 2.05) is 18.0 Å². The Morgan fingerprint density at radius 1 is 1.24 bits per heavy atom. The molecular formula is C18H26N2O. The minimum absolute atomic E-state index is 0.0194. The van der Waals surface area contributed by atoms with Gasteiger partial charge in [-0.05, 0) is 29.9 Å². The number of carbonyl (C=O) groups excluding carboxylic acids is 1. The van der Waals surface area contributed by atoms with Gasteiger partial charge in [-0.25, -0.2) is 0 Å². The van der Waals surface area contributed by atoms with Gasteiger partial charge in [-0.15, -0.1) is 0 Å². The van der Waals surface area contributed by atoms with E-state index in [9.17, 15) is 4.79 Å². The van der Waals surface area contributed by atoms with Gasteiger partial charge >= 0.3 is 0 Å². The van der Waals surface area contributed by atoms with Gasteiger partial charge in [0.1, 0.15) is 0 Å². The second kappa shape index (κ2) is 6.18. The van der Waals surface area contributed by atoms with Crippen molar-refractivity contribution in [3.8, 4) is 0 Å². The van der Waals surface area contributed by atoms with E-state index in [4.69, 9.17) is 0 Å². The first-order chi connectivity index (χ1) is 10.2. The van der Waals surface area contributed by atoms with Gasteiger partial charge in [0, 0.05) is 26.2 Å². The fraction of sp³-hybridized carbons (Fsp3) is 0.611. The Kier molecular flexibility index (Phi) is 4.29. The predicted octanol–water partition coefficient (Wildman–Crippen LogP) is 2.91. The van der Waals surface area contributed by atoms with Gasteiger partial charge < -0.3 is 10.2 Å². The number of amides is 1. The van der Waals surface area contributed by atoms with E-state index < -0.39 is 0 Å². The van der Waals surface area contributed by atoms with Crippen LogP contribution in [0.4, 0.5) is 0 Å². The monoisotopic (exact) mass is 286 g/mol. The summed E-state index contributed by atoms with van der Waals surface area (Å²) >= 11 is 0. The molecule has 114 valence electrons. The third-order valence-electron chi connectivity index (χ3n) is 5.30. The molecule has 0 bridgehead atoms. The molecule has 2 aliphatic rings. The molecule has 1 aromatic carbocycles. The Labute approximate surface area is 127 Å². The van der Waals surface area contributed by atoms with Crippen LogP contribution in [0.3, 0.4) is 0 Å². The molecule has 1 aliphatic carbocycles. The molecule has 0 aromatic heterocycles. The van der Waals surface area contributed by atoms with Crippen LogP contribution < -0.4 is 5.32 Å². The summed E-state index contributed by atoms with van der Waals surface area (Å²) < 4.78 is 0. The van der Waals surface area contributed by atoms with E-state index >= 15 is 0 Å². The van der Waals surface area contributed by atoms with E-state index in [-0.39, 0.29) is 11.8 Å². The Bertz CT molecular complexity index is 514. The number of hydrogen-bond acceptors (Lipinski definition) is 2. The fourth-order valence-corrected chi connectivity index (χ4v) is 4.00. The van der Waals surface area contributed by atoms with Crippen molar-refractivity contribution in [2.45, 2.75) is 51.1 Å². The normalized spacial score (nSPS) is 28.8. The summed E-state index contributed by atoms with van der Waals surface area (Å²) in [5, 5.41) is 3.39. The van der Waals surface area contributed by atoms with E-state index in [1.54, 1.807) is 0 Å². The molecule has 3 atom stereocenters. The van der Waals surface area contributed by atoms with Crippen molar-refractivity contribution in [3.05, 3.63) is 35.4 Å². The maximum atomic E-state index is 13.0. The maximum absolute atomic E-state index is 13.0. The maximum Gasteiger partial charge on any atom is 0.231 e. The number of carbonyl (C=O) groups is 1. The van der Waals surface area contributed by atoms with Gasteiger partial charge in [0.2, 0.25) is 5.91 Å². The summed E-state index contributed by atoms with van der Waals surface area (Å²) in [4.78, 5) is 15.0. The summed E-state index contributed by atoms with van der Waals surface area (Å²) in [5.74, 6) is 0.891. The molecule has 3 unspecified atom stereocenters. The molecule has 1 aromatic rings. The molecule has 1 N–H and O–H groups in total. The van der Waals surface area contributed by atoms with E-state index in [1.165, 1.54) is 30.4 Å². The number of likely N-dealkylation sites (N-methyl/N-ethyl adjacent to an activating group) is 1. The van der Waals surface area contributed by atoms with Gasteiger partial charge in [-0.2, -0.15) is 0 Å². The highest BCUT2D eigenvalue weighted by Gasteiger charge is 2.33. The van der Waals surface area contributed by atoms with Crippen molar-refractivity contribution in [2.75, 3.05) is 13.6 Å². The zero-order valence-electron chi connectivity index (χ0n) is 13.1. The van der Waals surface area contributed by atoms with E-state index in [0.717, 1.165) is 19.5 Å². The number of benzene rings is 1. The summed E-state index contributed by atoms with van der Waals surface area (Å²) in [5.41, 5.74) is 2.49. The Balaban J connectivity index is 1.79. The van der Waals surface area contributed by atoms with Crippen LogP contribution in [0.2, 0.25) is 0 Å². The Hall–Kier alpha value is -1.35. The summed E-state index contributed by atoms with van der Waals surface area (Å²) in [7, 11) is 2.01. The molecule has 3 rings (SSSR count). The first kappa shape index (κ1) is 14.6. The standard InChI is InChI=1S/C18H26N2O/c1-13-7-3-6-10-17(13)20(2)18(21)16-12-19-11-14-8-4-5-9-15(14)16/h4-5,8-9,13,16-17,19H,3,6-7,10-12H2,1-2H3. The highest BCUT2D eigenvalue weighted by atomic mass is 16.2. The summed E-state index contributed by atoms with van der Waals surface area (Å²) in [6.45, 7) is 3.94. The highest BCUT2D eigenvalue weighted by molar-refractivity contribution is 5.85. The van der Waals surface area contributed by atoms with Crippen molar-refractivity contribution in [2.24, 2.45) is 5.92 Å². The minimum Gasteiger partial charge on any atom is -0.342 e. The minimum atomic E-state index is -0.0194. The Morgan fingerprint density at radius 2 is 2.00 bits per heavy atom. The Morgan fingerprint density at radius 3 is 2.81 bits per heavy atom. The number of rotatable bonds is 2.